The molecule has 0 saturated carbocycles. The van der Waals surface area contributed by atoms with Gasteiger partial charge < -0.3 is 14.7 Å². The zero-order valence-electron chi connectivity index (χ0n) is 25.7. The quantitative estimate of drug-likeness (QED) is 0.193. The number of carbonyl (C=O) groups excluding carboxylic acids is 1. The van der Waals surface area contributed by atoms with E-state index in [4.69, 9.17) is 14.7 Å². The van der Waals surface area contributed by atoms with Crippen LogP contribution in [0.4, 0.5) is 4.79 Å². The Morgan fingerprint density at radius 3 is 2.60 bits per heavy atom. The summed E-state index contributed by atoms with van der Waals surface area (Å²) in [6, 6.07) is 14.5. The van der Waals surface area contributed by atoms with Gasteiger partial charge in [-0.05, 0) is 63.8 Å². The van der Waals surface area contributed by atoms with Gasteiger partial charge in [-0.1, -0.05) is 51.0 Å². The van der Waals surface area contributed by atoms with Gasteiger partial charge in [0.05, 0.1) is 40.9 Å². The van der Waals surface area contributed by atoms with Crippen molar-refractivity contribution in [1.29, 1.82) is 0 Å². The highest BCUT2D eigenvalue weighted by Gasteiger charge is 2.35. The fourth-order valence-corrected chi connectivity index (χ4v) is 5.88. The molecule has 2 atom stereocenters. The van der Waals surface area contributed by atoms with E-state index in [1.165, 1.54) is 12.8 Å². The lowest BCUT2D eigenvalue weighted by Crippen LogP contribution is -2.36. The third kappa shape index (κ3) is 5.94. The first-order valence-electron chi connectivity index (χ1n) is 15.4. The number of aromatic amines is 2. The normalized spacial score (nSPS) is 16.2. The summed E-state index contributed by atoms with van der Waals surface area (Å²) in [5.41, 5.74) is 6.36. The molecule has 2 aromatic carbocycles. The Bertz CT molecular complexity index is 1710. The van der Waals surface area contributed by atoms with Crippen LogP contribution in [-0.2, 0) is 4.74 Å². The number of likely N-dealkylation sites (tertiary alicyclic amines) is 1. The molecule has 43 heavy (non-hydrogen) atoms. The van der Waals surface area contributed by atoms with Crippen molar-refractivity contribution in [2.24, 2.45) is 0 Å². The van der Waals surface area contributed by atoms with E-state index in [0.717, 1.165) is 70.1 Å². The molecule has 0 aliphatic carbocycles. The number of fused-ring (bicyclic) bond motifs is 1. The fraction of sp³-hybridized carbons (Fsp3) is 0.412. The second-order valence-electron chi connectivity index (χ2n) is 12.6. The molecule has 1 aliphatic heterocycles. The summed E-state index contributed by atoms with van der Waals surface area (Å²) in [6.07, 6.45) is 10.6. The molecular weight excluding hydrogens is 538 g/mol. The largest absolute Gasteiger partial charge is 0.444 e. The van der Waals surface area contributed by atoms with Gasteiger partial charge in [-0.15, -0.1) is 0 Å². The number of rotatable bonds is 8. The van der Waals surface area contributed by atoms with Gasteiger partial charge in [0.1, 0.15) is 23.6 Å². The van der Waals surface area contributed by atoms with Crippen molar-refractivity contribution in [1.82, 2.24) is 34.4 Å². The number of imidazole rings is 3. The molecule has 0 unspecified atom stereocenters. The predicted molar refractivity (Wildman–Crippen MR) is 169 cm³/mol. The number of hydrogen-bond donors (Lipinski definition) is 2. The van der Waals surface area contributed by atoms with Gasteiger partial charge in [-0.25, -0.2) is 19.7 Å². The Balaban J connectivity index is 1.22. The van der Waals surface area contributed by atoms with Crippen molar-refractivity contribution in [2.75, 3.05) is 6.54 Å². The van der Waals surface area contributed by atoms with Crippen LogP contribution in [0.2, 0.25) is 0 Å². The lowest BCUT2D eigenvalue weighted by atomic mass is 10.0. The number of unbranched alkanes of at least 4 members (excludes halogenated alkanes) is 1. The molecule has 0 bridgehead atoms. The average molecular weight is 580 g/mol. The van der Waals surface area contributed by atoms with Crippen LogP contribution in [-0.4, -0.2) is 52.6 Å². The Kier molecular flexibility index (Phi) is 7.81. The Hall–Kier alpha value is -4.40. The van der Waals surface area contributed by atoms with E-state index >= 15 is 0 Å². The van der Waals surface area contributed by atoms with Gasteiger partial charge in [-0.3, -0.25) is 9.47 Å². The number of carbonyl (C=O) groups is 1. The summed E-state index contributed by atoms with van der Waals surface area (Å²) in [6.45, 7) is 10.8. The number of H-pyrrole nitrogens is 2. The molecular formula is C34H41N7O2. The predicted octanol–water partition coefficient (Wildman–Crippen LogP) is 8.17. The maximum absolute atomic E-state index is 12.8. The number of ether oxygens (including phenoxy) is 1. The molecule has 9 nitrogen and oxygen atoms in total. The van der Waals surface area contributed by atoms with E-state index in [1.807, 2.05) is 45.6 Å². The zero-order chi connectivity index (χ0) is 30.1. The Morgan fingerprint density at radius 1 is 1.05 bits per heavy atom. The minimum atomic E-state index is -0.539. The lowest BCUT2D eigenvalue weighted by molar-refractivity contribution is 0.0218. The third-order valence-electron chi connectivity index (χ3n) is 8.17. The number of benzene rings is 2. The standard InChI is InChI=1S/C34H41N7O2/c1-6-7-10-22(2)31-35-19-26(38-31)23-14-16-24(17-15-23)41-21-37-30-25(11-8-12-28(30)41)27-20-36-32(39-27)29-13-9-18-40(29)33(42)43-34(3,4)5/h8,11-12,14-17,19-22,29H,6-7,9-10,13,18H2,1-5H3,(H,35,38)(H,36,39)/t22-,29-/m0/s1. The monoisotopic (exact) mass is 579 g/mol. The van der Waals surface area contributed by atoms with Crippen LogP contribution >= 0.6 is 0 Å². The van der Waals surface area contributed by atoms with Crippen LogP contribution in [0.1, 0.15) is 90.3 Å². The van der Waals surface area contributed by atoms with Crippen LogP contribution < -0.4 is 0 Å². The SMILES string of the molecule is CCCC[C@H](C)c1ncc(-c2ccc(-n3cnc4c(-c5cnc([C@@H]6CCCN6C(=O)OC(C)(C)C)[nH]5)cccc43)cc2)[nH]1. The van der Waals surface area contributed by atoms with Crippen LogP contribution in [0.25, 0.3) is 39.2 Å². The molecule has 224 valence electrons. The lowest BCUT2D eigenvalue weighted by Gasteiger charge is -2.27. The molecule has 9 heteroatoms. The number of nitrogens with zero attached hydrogens (tertiary/aromatic N) is 5. The fourth-order valence-electron chi connectivity index (χ4n) is 5.88. The van der Waals surface area contributed by atoms with E-state index in [0.29, 0.717) is 12.5 Å². The van der Waals surface area contributed by atoms with E-state index in [2.05, 4.69) is 69.8 Å². The second kappa shape index (κ2) is 11.7. The van der Waals surface area contributed by atoms with Gasteiger partial charge in [0, 0.05) is 23.7 Å². The highest BCUT2D eigenvalue weighted by Crippen LogP contribution is 2.34. The molecule has 1 saturated heterocycles. The van der Waals surface area contributed by atoms with Crippen molar-refractivity contribution >= 4 is 17.1 Å². The molecule has 2 N–H and O–H groups in total. The van der Waals surface area contributed by atoms with Gasteiger partial charge in [-0.2, -0.15) is 0 Å². The van der Waals surface area contributed by atoms with Crippen molar-refractivity contribution in [3.05, 3.63) is 72.8 Å². The maximum atomic E-state index is 12.8. The number of hydrogen-bond acceptors (Lipinski definition) is 5. The third-order valence-corrected chi connectivity index (χ3v) is 8.17. The van der Waals surface area contributed by atoms with Gasteiger partial charge in [0.15, 0.2) is 0 Å². The smallest absolute Gasteiger partial charge is 0.410 e. The molecule has 3 aromatic heterocycles. The highest BCUT2D eigenvalue weighted by atomic mass is 16.6. The molecule has 1 fully saturated rings. The average Bonchev–Trinajstić information content (AvgIpc) is 3.80. The van der Waals surface area contributed by atoms with Gasteiger partial charge in [0.2, 0.25) is 0 Å². The summed E-state index contributed by atoms with van der Waals surface area (Å²) in [7, 11) is 0. The molecule has 1 aliphatic rings. The molecule has 0 radical (unpaired) electrons. The van der Waals surface area contributed by atoms with E-state index < -0.39 is 5.60 Å². The summed E-state index contributed by atoms with van der Waals surface area (Å²) >= 11 is 0. The minimum Gasteiger partial charge on any atom is -0.444 e. The number of amides is 1. The maximum Gasteiger partial charge on any atom is 0.410 e. The van der Waals surface area contributed by atoms with Crippen LogP contribution in [0.15, 0.2) is 61.2 Å². The van der Waals surface area contributed by atoms with Crippen molar-refractivity contribution in [3.8, 4) is 28.2 Å². The number of aromatic nitrogens is 6. The first kappa shape index (κ1) is 28.7. The van der Waals surface area contributed by atoms with E-state index in [9.17, 15) is 4.79 Å². The van der Waals surface area contributed by atoms with Crippen LogP contribution in [0.5, 0.6) is 0 Å². The highest BCUT2D eigenvalue weighted by molar-refractivity contribution is 5.92. The van der Waals surface area contributed by atoms with E-state index in [1.54, 1.807) is 4.90 Å². The molecule has 0 spiro atoms. The number of para-hydroxylation sites is 1. The molecule has 1 amide bonds. The summed E-state index contributed by atoms with van der Waals surface area (Å²) in [4.78, 5) is 35.8. The van der Waals surface area contributed by atoms with Gasteiger partial charge >= 0.3 is 6.09 Å². The van der Waals surface area contributed by atoms with Crippen molar-refractivity contribution in [2.45, 2.75) is 84.3 Å². The summed E-state index contributed by atoms with van der Waals surface area (Å²) < 4.78 is 7.75. The minimum absolute atomic E-state index is 0.135. The van der Waals surface area contributed by atoms with Crippen LogP contribution in [0, 0.1) is 0 Å². The molecule has 4 heterocycles. The summed E-state index contributed by atoms with van der Waals surface area (Å²) in [5.74, 6) is 2.24. The molecule has 5 aromatic rings. The second-order valence-corrected chi connectivity index (χ2v) is 12.6. The summed E-state index contributed by atoms with van der Waals surface area (Å²) in [5, 5.41) is 0. The first-order chi connectivity index (χ1) is 20.7. The molecule has 6 rings (SSSR count). The topological polar surface area (TPSA) is 105 Å². The zero-order valence-corrected chi connectivity index (χ0v) is 25.7. The Morgan fingerprint density at radius 2 is 1.84 bits per heavy atom. The first-order valence-corrected chi connectivity index (χ1v) is 15.4. The van der Waals surface area contributed by atoms with Crippen molar-refractivity contribution < 1.29 is 9.53 Å². The van der Waals surface area contributed by atoms with Crippen LogP contribution in [0.3, 0.4) is 0 Å². The Labute approximate surface area is 252 Å². The number of nitrogens with one attached hydrogen (secondary N) is 2. The van der Waals surface area contributed by atoms with Gasteiger partial charge in [0.25, 0.3) is 0 Å². The van der Waals surface area contributed by atoms with E-state index in [-0.39, 0.29) is 12.1 Å². The van der Waals surface area contributed by atoms with Crippen molar-refractivity contribution in [3.63, 3.8) is 0 Å².